The molecule has 0 aliphatic rings. The molecule has 2 rings (SSSR count). The maximum absolute atomic E-state index is 6.02. The van der Waals surface area contributed by atoms with Crippen molar-refractivity contribution in [1.82, 2.24) is 14.4 Å². The zero-order chi connectivity index (χ0) is 10.3. The second-order valence-electron chi connectivity index (χ2n) is 4.33. The van der Waals surface area contributed by atoms with Crippen molar-refractivity contribution < 1.29 is 0 Å². The van der Waals surface area contributed by atoms with Gasteiger partial charge in [-0.05, 0) is 0 Å². The maximum atomic E-state index is 6.02. The minimum atomic E-state index is 0.00208. The molecule has 2 aromatic heterocycles. The topological polar surface area (TPSA) is 30.2 Å². The number of imidazole rings is 1. The molecule has 14 heavy (non-hydrogen) atoms. The van der Waals surface area contributed by atoms with Crippen molar-refractivity contribution in [3.8, 4) is 0 Å². The molecule has 0 unspecified atom stereocenters. The smallest absolute Gasteiger partial charge is 0.174 e. The van der Waals surface area contributed by atoms with E-state index in [1.807, 2.05) is 16.8 Å². The molecule has 4 heteroatoms. The third-order valence-electron chi connectivity index (χ3n) is 2.10. The van der Waals surface area contributed by atoms with E-state index in [0.717, 1.165) is 5.69 Å². The van der Waals surface area contributed by atoms with Gasteiger partial charge in [-0.3, -0.25) is 0 Å². The van der Waals surface area contributed by atoms with Crippen molar-refractivity contribution in [3.63, 3.8) is 0 Å². The van der Waals surface area contributed by atoms with E-state index >= 15 is 0 Å². The summed E-state index contributed by atoms with van der Waals surface area (Å²) in [5.74, 6) is 0. The number of halogens is 1. The van der Waals surface area contributed by atoms with Crippen molar-refractivity contribution in [2.75, 3.05) is 0 Å². The van der Waals surface area contributed by atoms with Crippen molar-refractivity contribution in [1.29, 1.82) is 0 Å². The Hall–Kier alpha value is -1.09. The molecule has 0 saturated carbocycles. The van der Waals surface area contributed by atoms with E-state index in [4.69, 9.17) is 11.6 Å². The van der Waals surface area contributed by atoms with Gasteiger partial charge < -0.3 is 4.40 Å². The first-order valence-electron chi connectivity index (χ1n) is 4.48. The van der Waals surface area contributed by atoms with Gasteiger partial charge in [-0.2, -0.15) is 0 Å². The Labute approximate surface area is 87.8 Å². The molecule has 2 heterocycles. The van der Waals surface area contributed by atoms with Gasteiger partial charge in [0.15, 0.2) is 10.8 Å². The molecule has 0 saturated heterocycles. The van der Waals surface area contributed by atoms with Gasteiger partial charge >= 0.3 is 0 Å². The second-order valence-corrected chi connectivity index (χ2v) is 4.68. The zero-order valence-corrected chi connectivity index (χ0v) is 9.21. The Morgan fingerprint density at radius 3 is 2.71 bits per heavy atom. The van der Waals surface area contributed by atoms with Crippen LogP contribution < -0.4 is 0 Å². The van der Waals surface area contributed by atoms with Crippen LogP contribution in [0.5, 0.6) is 0 Å². The molecule has 0 N–H and O–H groups in total. The summed E-state index contributed by atoms with van der Waals surface area (Å²) >= 11 is 6.02. The van der Waals surface area contributed by atoms with Gasteiger partial charge in [0.05, 0.1) is 5.69 Å². The molecule has 0 bridgehead atoms. The lowest BCUT2D eigenvalue weighted by atomic mass is 9.93. The Bertz CT molecular complexity index is 468. The first kappa shape index (κ1) is 9.46. The van der Waals surface area contributed by atoms with E-state index in [9.17, 15) is 0 Å². The Morgan fingerprint density at radius 1 is 1.36 bits per heavy atom. The molecule has 0 atom stereocenters. The van der Waals surface area contributed by atoms with Crippen LogP contribution in [0.3, 0.4) is 0 Å². The van der Waals surface area contributed by atoms with Crippen LogP contribution in [0.25, 0.3) is 5.65 Å². The van der Waals surface area contributed by atoms with E-state index in [1.165, 1.54) is 0 Å². The van der Waals surface area contributed by atoms with Gasteiger partial charge in [0.2, 0.25) is 0 Å². The van der Waals surface area contributed by atoms with Crippen LogP contribution in [0.2, 0.25) is 5.15 Å². The summed E-state index contributed by atoms with van der Waals surface area (Å²) < 4.78 is 1.90. The van der Waals surface area contributed by atoms with Crippen LogP contribution >= 0.6 is 11.6 Å². The molecule has 74 valence electrons. The monoisotopic (exact) mass is 209 g/mol. The van der Waals surface area contributed by atoms with Gasteiger partial charge in [0, 0.05) is 24.0 Å². The van der Waals surface area contributed by atoms with Gasteiger partial charge in [-0.1, -0.05) is 32.4 Å². The molecule has 0 radical (unpaired) electrons. The molecule has 0 aliphatic carbocycles. The fraction of sp³-hybridized carbons (Fsp3) is 0.400. The zero-order valence-electron chi connectivity index (χ0n) is 8.45. The van der Waals surface area contributed by atoms with E-state index in [0.29, 0.717) is 10.8 Å². The lowest BCUT2D eigenvalue weighted by molar-refractivity contribution is 0.565. The SMILES string of the molecule is CC(C)(C)c1cn2ccnc2c(Cl)n1. The molecule has 2 aromatic rings. The third kappa shape index (κ3) is 1.48. The van der Waals surface area contributed by atoms with E-state index < -0.39 is 0 Å². The van der Waals surface area contributed by atoms with Crippen molar-refractivity contribution in [2.45, 2.75) is 26.2 Å². The predicted molar refractivity (Wildman–Crippen MR) is 56.7 cm³/mol. The Balaban J connectivity index is 2.70. The molecule has 0 aliphatic heterocycles. The minimum absolute atomic E-state index is 0.00208. The highest BCUT2D eigenvalue weighted by Crippen LogP contribution is 2.23. The quantitative estimate of drug-likeness (QED) is 0.668. The van der Waals surface area contributed by atoms with Crippen LogP contribution in [0.1, 0.15) is 26.5 Å². The molecular weight excluding hydrogens is 198 g/mol. The van der Waals surface area contributed by atoms with Gasteiger partial charge in [-0.15, -0.1) is 0 Å². The standard InChI is InChI=1S/C10H12ClN3/c1-10(2,3)7-6-14-5-4-12-9(14)8(11)13-7/h4-6H,1-3H3. The van der Waals surface area contributed by atoms with Crippen molar-refractivity contribution in [3.05, 3.63) is 29.4 Å². The predicted octanol–water partition coefficient (Wildman–Crippen LogP) is 2.68. The number of fused-ring (bicyclic) bond motifs is 1. The summed E-state index contributed by atoms with van der Waals surface area (Å²) in [6.45, 7) is 6.32. The number of hydrogen-bond acceptors (Lipinski definition) is 2. The summed E-state index contributed by atoms with van der Waals surface area (Å²) in [5, 5.41) is 0.461. The van der Waals surface area contributed by atoms with E-state index in [1.54, 1.807) is 6.20 Å². The van der Waals surface area contributed by atoms with Crippen molar-refractivity contribution in [2.24, 2.45) is 0 Å². The first-order valence-corrected chi connectivity index (χ1v) is 4.86. The molecule has 0 fully saturated rings. The lowest BCUT2D eigenvalue weighted by Gasteiger charge is -2.17. The number of rotatable bonds is 0. The first-order chi connectivity index (χ1) is 6.48. The fourth-order valence-corrected chi connectivity index (χ4v) is 1.49. The highest BCUT2D eigenvalue weighted by Gasteiger charge is 2.17. The Morgan fingerprint density at radius 2 is 2.07 bits per heavy atom. The summed E-state index contributed by atoms with van der Waals surface area (Å²) in [7, 11) is 0. The number of hydrogen-bond donors (Lipinski definition) is 0. The van der Waals surface area contributed by atoms with Crippen LogP contribution in [0.15, 0.2) is 18.6 Å². The summed E-state index contributed by atoms with van der Waals surface area (Å²) in [6.07, 6.45) is 5.56. The van der Waals surface area contributed by atoms with Gasteiger partial charge in [0.25, 0.3) is 0 Å². The average Bonchev–Trinajstić information content (AvgIpc) is 2.50. The second kappa shape index (κ2) is 2.95. The molecule has 0 spiro atoms. The molecule has 0 amide bonds. The Kier molecular flexibility index (Phi) is 2.00. The fourth-order valence-electron chi connectivity index (χ4n) is 1.25. The highest BCUT2D eigenvalue weighted by atomic mass is 35.5. The molecule has 3 nitrogen and oxygen atoms in total. The maximum Gasteiger partial charge on any atom is 0.174 e. The largest absolute Gasteiger partial charge is 0.303 e. The summed E-state index contributed by atoms with van der Waals surface area (Å²) in [6, 6.07) is 0. The summed E-state index contributed by atoms with van der Waals surface area (Å²) in [4.78, 5) is 8.44. The van der Waals surface area contributed by atoms with Gasteiger partial charge in [-0.25, -0.2) is 9.97 Å². The highest BCUT2D eigenvalue weighted by molar-refractivity contribution is 6.32. The molecule has 0 aromatic carbocycles. The van der Waals surface area contributed by atoms with Gasteiger partial charge in [0.1, 0.15) is 0 Å². The van der Waals surface area contributed by atoms with E-state index in [-0.39, 0.29) is 5.41 Å². The third-order valence-corrected chi connectivity index (χ3v) is 2.36. The summed E-state index contributed by atoms with van der Waals surface area (Å²) in [5.41, 5.74) is 1.68. The van der Waals surface area contributed by atoms with E-state index in [2.05, 4.69) is 30.7 Å². The lowest BCUT2D eigenvalue weighted by Crippen LogP contribution is -2.14. The minimum Gasteiger partial charge on any atom is -0.303 e. The van der Waals surface area contributed by atoms with Crippen LogP contribution in [0.4, 0.5) is 0 Å². The van der Waals surface area contributed by atoms with Crippen LogP contribution in [0, 0.1) is 0 Å². The number of aromatic nitrogens is 3. The number of nitrogens with zero attached hydrogens (tertiary/aromatic N) is 3. The average molecular weight is 210 g/mol. The van der Waals surface area contributed by atoms with Crippen LogP contribution in [-0.2, 0) is 5.41 Å². The normalized spacial score (nSPS) is 12.3. The van der Waals surface area contributed by atoms with Crippen molar-refractivity contribution >= 4 is 17.2 Å². The van der Waals surface area contributed by atoms with Crippen LogP contribution in [-0.4, -0.2) is 14.4 Å². The molecular formula is C10H12ClN3.